The SMILES string of the molecule is COC(=O)Cc1csc(NC(=O)c2ccc(SC)cc2)n1. The van der Waals surface area contributed by atoms with Gasteiger partial charge in [0.25, 0.3) is 5.91 Å². The Morgan fingerprint density at radius 1 is 1.33 bits per heavy atom. The number of thiazole rings is 1. The highest BCUT2D eigenvalue weighted by Gasteiger charge is 2.11. The fourth-order valence-corrected chi connectivity index (χ4v) is 2.69. The van der Waals surface area contributed by atoms with Crippen molar-refractivity contribution < 1.29 is 14.3 Å². The van der Waals surface area contributed by atoms with E-state index < -0.39 is 0 Å². The van der Waals surface area contributed by atoms with Crippen molar-refractivity contribution in [2.24, 2.45) is 0 Å². The van der Waals surface area contributed by atoms with E-state index in [2.05, 4.69) is 15.0 Å². The molecule has 1 aromatic carbocycles. The Kier molecular flexibility index (Phi) is 5.35. The molecule has 0 fully saturated rings. The first kappa shape index (κ1) is 15.5. The summed E-state index contributed by atoms with van der Waals surface area (Å²) in [5.41, 5.74) is 1.15. The van der Waals surface area contributed by atoms with Crippen molar-refractivity contribution in [1.29, 1.82) is 0 Å². The summed E-state index contributed by atoms with van der Waals surface area (Å²) in [5.74, 6) is -0.576. The van der Waals surface area contributed by atoms with Crippen molar-refractivity contribution in [2.75, 3.05) is 18.7 Å². The molecule has 0 saturated carbocycles. The predicted molar refractivity (Wildman–Crippen MR) is 84.0 cm³/mol. The van der Waals surface area contributed by atoms with Gasteiger partial charge in [-0.15, -0.1) is 23.1 Å². The number of rotatable bonds is 5. The molecule has 5 nitrogen and oxygen atoms in total. The number of nitrogens with zero attached hydrogens (tertiary/aromatic N) is 1. The van der Waals surface area contributed by atoms with Gasteiger partial charge in [0.2, 0.25) is 0 Å². The normalized spacial score (nSPS) is 10.2. The van der Waals surface area contributed by atoms with Crippen molar-refractivity contribution in [3.63, 3.8) is 0 Å². The summed E-state index contributed by atoms with van der Waals surface area (Å²) >= 11 is 2.90. The molecule has 0 aliphatic carbocycles. The number of ether oxygens (including phenoxy) is 1. The number of carbonyl (C=O) groups excluding carboxylic acids is 2. The average molecular weight is 322 g/mol. The second-order valence-corrected chi connectivity index (χ2v) is 5.82. The minimum atomic E-state index is -0.356. The predicted octanol–water partition coefficient (Wildman–Crippen LogP) is 2.83. The molecular weight excluding hydrogens is 308 g/mol. The standard InChI is InChI=1S/C14H14N2O3S2/c1-19-12(17)7-10-8-21-14(15-10)16-13(18)9-3-5-11(20-2)6-4-9/h3-6,8H,7H2,1-2H3,(H,15,16,18). The Labute approximate surface area is 130 Å². The van der Waals surface area contributed by atoms with Crippen LogP contribution in [0.5, 0.6) is 0 Å². The lowest BCUT2D eigenvalue weighted by atomic mass is 10.2. The van der Waals surface area contributed by atoms with Crippen molar-refractivity contribution in [1.82, 2.24) is 4.98 Å². The molecule has 2 rings (SSSR count). The van der Waals surface area contributed by atoms with Gasteiger partial charge in [-0.25, -0.2) is 4.98 Å². The van der Waals surface area contributed by atoms with Gasteiger partial charge in [-0.1, -0.05) is 0 Å². The zero-order chi connectivity index (χ0) is 15.2. The molecule has 0 aliphatic rings. The molecule has 2 aromatic rings. The third-order valence-electron chi connectivity index (χ3n) is 2.68. The highest BCUT2D eigenvalue weighted by Crippen LogP contribution is 2.19. The molecule has 0 bridgehead atoms. The number of thioether (sulfide) groups is 1. The van der Waals surface area contributed by atoms with Gasteiger partial charge in [-0.2, -0.15) is 0 Å². The first-order valence-electron chi connectivity index (χ1n) is 6.09. The number of aromatic nitrogens is 1. The molecule has 1 aromatic heterocycles. The van der Waals surface area contributed by atoms with E-state index in [4.69, 9.17) is 0 Å². The molecular formula is C14H14N2O3S2. The molecule has 0 unspecified atom stereocenters. The molecule has 21 heavy (non-hydrogen) atoms. The van der Waals surface area contributed by atoms with E-state index in [1.807, 2.05) is 18.4 Å². The third-order valence-corrected chi connectivity index (χ3v) is 4.23. The fourth-order valence-electron chi connectivity index (χ4n) is 1.58. The summed E-state index contributed by atoms with van der Waals surface area (Å²) in [5, 5.41) is 4.91. The van der Waals surface area contributed by atoms with Crippen molar-refractivity contribution in [2.45, 2.75) is 11.3 Å². The van der Waals surface area contributed by atoms with Gasteiger partial charge in [0.15, 0.2) is 5.13 Å². The van der Waals surface area contributed by atoms with Crippen LogP contribution in [0.25, 0.3) is 0 Å². The lowest BCUT2D eigenvalue weighted by Gasteiger charge is -2.02. The van der Waals surface area contributed by atoms with Gasteiger partial charge in [0.05, 0.1) is 19.2 Å². The Bertz CT molecular complexity index is 638. The van der Waals surface area contributed by atoms with Crippen molar-refractivity contribution in [3.8, 4) is 0 Å². The van der Waals surface area contributed by atoms with Crippen LogP contribution in [0.1, 0.15) is 16.1 Å². The number of carbonyl (C=O) groups is 2. The molecule has 110 valence electrons. The lowest BCUT2D eigenvalue weighted by Crippen LogP contribution is -2.12. The fraction of sp³-hybridized carbons (Fsp3) is 0.214. The van der Waals surface area contributed by atoms with Crippen LogP contribution in [0.4, 0.5) is 5.13 Å². The van der Waals surface area contributed by atoms with Crippen molar-refractivity contribution >= 4 is 40.1 Å². The molecule has 0 saturated heterocycles. The maximum absolute atomic E-state index is 12.1. The van der Waals surface area contributed by atoms with E-state index in [1.54, 1.807) is 29.3 Å². The monoisotopic (exact) mass is 322 g/mol. The molecule has 0 atom stereocenters. The van der Waals surface area contributed by atoms with E-state index >= 15 is 0 Å². The molecule has 0 radical (unpaired) electrons. The van der Waals surface area contributed by atoms with E-state index in [0.29, 0.717) is 16.4 Å². The molecule has 1 heterocycles. The maximum atomic E-state index is 12.1. The summed E-state index contributed by atoms with van der Waals surface area (Å²) in [6.45, 7) is 0. The summed E-state index contributed by atoms with van der Waals surface area (Å²) in [6.07, 6.45) is 2.08. The quantitative estimate of drug-likeness (QED) is 0.677. The van der Waals surface area contributed by atoms with Gasteiger partial charge >= 0.3 is 5.97 Å². The highest BCUT2D eigenvalue weighted by atomic mass is 32.2. The number of nitrogens with one attached hydrogen (secondary N) is 1. The number of anilines is 1. The highest BCUT2D eigenvalue weighted by molar-refractivity contribution is 7.98. The minimum absolute atomic E-state index is 0.102. The van der Waals surface area contributed by atoms with Crippen LogP contribution in [-0.2, 0) is 16.0 Å². The van der Waals surface area contributed by atoms with Gasteiger partial charge < -0.3 is 4.74 Å². The first-order chi connectivity index (χ1) is 10.1. The zero-order valence-corrected chi connectivity index (χ0v) is 13.2. The van der Waals surface area contributed by atoms with E-state index in [0.717, 1.165) is 4.90 Å². The van der Waals surface area contributed by atoms with Crippen LogP contribution in [0.2, 0.25) is 0 Å². The van der Waals surface area contributed by atoms with E-state index in [1.165, 1.54) is 18.4 Å². The van der Waals surface area contributed by atoms with E-state index in [9.17, 15) is 9.59 Å². The molecule has 0 spiro atoms. The summed E-state index contributed by atoms with van der Waals surface area (Å²) in [7, 11) is 1.33. The largest absolute Gasteiger partial charge is 0.469 e. The van der Waals surface area contributed by atoms with E-state index in [-0.39, 0.29) is 18.3 Å². The molecule has 7 heteroatoms. The summed E-state index contributed by atoms with van der Waals surface area (Å²) < 4.78 is 4.57. The van der Waals surface area contributed by atoms with Crippen LogP contribution >= 0.6 is 23.1 Å². The minimum Gasteiger partial charge on any atom is -0.469 e. The average Bonchev–Trinajstić information content (AvgIpc) is 2.94. The number of esters is 1. The van der Waals surface area contributed by atoms with Gasteiger partial charge in [-0.3, -0.25) is 14.9 Å². The van der Waals surface area contributed by atoms with Crippen LogP contribution in [0, 0.1) is 0 Å². The Morgan fingerprint density at radius 2 is 2.05 bits per heavy atom. The van der Waals surface area contributed by atoms with Crippen LogP contribution < -0.4 is 5.32 Å². The number of hydrogen-bond acceptors (Lipinski definition) is 6. The van der Waals surface area contributed by atoms with Crippen LogP contribution in [-0.4, -0.2) is 30.2 Å². The molecule has 1 amide bonds. The number of amides is 1. The Hall–Kier alpha value is -1.86. The number of benzene rings is 1. The number of methoxy groups -OCH3 is 1. The molecule has 1 N–H and O–H groups in total. The second kappa shape index (κ2) is 7.24. The molecule has 0 aliphatic heterocycles. The maximum Gasteiger partial charge on any atom is 0.311 e. The third kappa shape index (κ3) is 4.30. The smallest absolute Gasteiger partial charge is 0.311 e. The Balaban J connectivity index is 2.00. The number of hydrogen-bond donors (Lipinski definition) is 1. The summed E-state index contributed by atoms with van der Waals surface area (Å²) in [4.78, 5) is 28.5. The summed E-state index contributed by atoms with van der Waals surface area (Å²) in [6, 6.07) is 7.32. The van der Waals surface area contributed by atoms with Crippen LogP contribution in [0.3, 0.4) is 0 Å². The van der Waals surface area contributed by atoms with Crippen molar-refractivity contribution in [3.05, 3.63) is 40.9 Å². The zero-order valence-electron chi connectivity index (χ0n) is 11.6. The van der Waals surface area contributed by atoms with Gasteiger partial charge in [0.1, 0.15) is 0 Å². The first-order valence-corrected chi connectivity index (χ1v) is 8.19. The van der Waals surface area contributed by atoms with Gasteiger partial charge in [0, 0.05) is 15.8 Å². The lowest BCUT2D eigenvalue weighted by molar-refractivity contribution is -0.139. The van der Waals surface area contributed by atoms with Crippen LogP contribution in [0.15, 0.2) is 34.5 Å². The second-order valence-electron chi connectivity index (χ2n) is 4.08. The van der Waals surface area contributed by atoms with Gasteiger partial charge in [-0.05, 0) is 30.5 Å². The topological polar surface area (TPSA) is 68.3 Å². The Morgan fingerprint density at radius 3 is 2.67 bits per heavy atom.